The lowest BCUT2D eigenvalue weighted by atomic mass is 10.2. The number of nitrogens with zero attached hydrogens (tertiary/aromatic N) is 3. The maximum absolute atomic E-state index is 12.6. The van der Waals surface area contributed by atoms with Crippen LogP contribution < -0.4 is 5.73 Å². The van der Waals surface area contributed by atoms with E-state index >= 15 is 0 Å². The van der Waals surface area contributed by atoms with E-state index in [9.17, 15) is 4.79 Å². The van der Waals surface area contributed by atoms with Gasteiger partial charge in [0.15, 0.2) is 0 Å². The molecule has 0 radical (unpaired) electrons. The Balaban J connectivity index is 0.00000144. The van der Waals surface area contributed by atoms with Crippen molar-refractivity contribution in [3.05, 3.63) is 41.4 Å². The van der Waals surface area contributed by atoms with Crippen LogP contribution >= 0.6 is 36.6 Å². The number of pyridine rings is 1. The molecule has 3 rings (SSSR count). The fraction of sp³-hybridized carbons (Fsp3) is 0.400. The number of thioether (sulfide) groups is 1. The van der Waals surface area contributed by atoms with Crippen molar-refractivity contribution in [3.8, 4) is 0 Å². The van der Waals surface area contributed by atoms with Gasteiger partial charge in [0.1, 0.15) is 10.8 Å². The third-order valence-corrected chi connectivity index (χ3v) is 4.59. The summed E-state index contributed by atoms with van der Waals surface area (Å²) in [7, 11) is 0. The average molecular weight is 391 g/mol. The van der Waals surface area contributed by atoms with E-state index in [1.165, 1.54) is 11.8 Å². The Labute approximate surface area is 157 Å². The van der Waals surface area contributed by atoms with E-state index < -0.39 is 0 Å². The molecule has 3 heterocycles. The highest BCUT2D eigenvalue weighted by Crippen LogP contribution is 2.25. The highest BCUT2D eigenvalue weighted by molar-refractivity contribution is 7.98. The Kier molecular flexibility index (Phi) is 8.02. The van der Waals surface area contributed by atoms with Crippen LogP contribution in [0.3, 0.4) is 0 Å². The molecule has 1 amide bonds. The molecule has 132 valence electrons. The maximum atomic E-state index is 12.6. The van der Waals surface area contributed by atoms with E-state index in [-0.39, 0.29) is 36.8 Å². The van der Waals surface area contributed by atoms with Gasteiger partial charge in [0.2, 0.25) is 0 Å². The molecule has 1 aliphatic heterocycles. The molecule has 0 saturated carbocycles. The Bertz CT molecular complexity index is 683. The number of halogens is 2. The summed E-state index contributed by atoms with van der Waals surface area (Å²) in [6, 6.07) is 5.56. The molecule has 24 heavy (non-hydrogen) atoms. The molecule has 0 spiro atoms. The lowest BCUT2D eigenvalue weighted by Gasteiger charge is -2.17. The van der Waals surface area contributed by atoms with E-state index in [0.717, 1.165) is 17.9 Å². The van der Waals surface area contributed by atoms with Gasteiger partial charge in [0.05, 0.1) is 11.3 Å². The van der Waals surface area contributed by atoms with Gasteiger partial charge in [0, 0.05) is 37.1 Å². The quantitative estimate of drug-likeness (QED) is 0.807. The van der Waals surface area contributed by atoms with Gasteiger partial charge >= 0.3 is 0 Å². The third kappa shape index (κ3) is 4.86. The Morgan fingerprint density at radius 3 is 2.92 bits per heavy atom. The second-order valence-electron chi connectivity index (χ2n) is 5.37. The van der Waals surface area contributed by atoms with Crippen molar-refractivity contribution in [2.24, 2.45) is 5.73 Å². The molecule has 1 fully saturated rings. The van der Waals surface area contributed by atoms with Crippen LogP contribution in [0.1, 0.15) is 28.2 Å². The largest absolute Gasteiger partial charge is 0.361 e. The molecule has 0 aliphatic carbocycles. The van der Waals surface area contributed by atoms with Gasteiger partial charge in [-0.1, -0.05) is 16.9 Å². The molecular formula is C15H20Cl2N4O2S. The summed E-state index contributed by atoms with van der Waals surface area (Å²) in [5, 5.41) is 4.67. The first-order valence-electron chi connectivity index (χ1n) is 7.18. The summed E-state index contributed by atoms with van der Waals surface area (Å²) in [6.07, 6.45) is 2.55. The summed E-state index contributed by atoms with van der Waals surface area (Å²) in [5.74, 6) is 1.40. The smallest absolute Gasteiger partial charge is 0.256 e. The minimum atomic E-state index is -0.000108. The minimum absolute atomic E-state index is 0. The van der Waals surface area contributed by atoms with Crippen molar-refractivity contribution < 1.29 is 9.32 Å². The summed E-state index contributed by atoms with van der Waals surface area (Å²) in [4.78, 5) is 18.7. The lowest BCUT2D eigenvalue weighted by Crippen LogP contribution is -2.32. The van der Waals surface area contributed by atoms with Crippen molar-refractivity contribution >= 4 is 42.5 Å². The van der Waals surface area contributed by atoms with Gasteiger partial charge in [-0.2, -0.15) is 0 Å². The number of nitrogens with two attached hydrogens (primary N) is 1. The van der Waals surface area contributed by atoms with E-state index in [4.69, 9.17) is 10.3 Å². The van der Waals surface area contributed by atoms with Crippen LogP contribution in [0.4, 0.5) is 0 Å². The Morgan fingerprint density at radius 1 is 1.50 bits per heavy atom. The third-order valence-electron chi connectivity index (χ3n) is 3.55. The molecule has 2 N–H and O–H groups in total. The SMILES string of the molecule is Cc1cc(CSc2ncccc2C(=O)N2CC[C@@H](N)C2)no1.Cl.Cl. The van der Waals surface area contributed by atoms with Gasteiger partial charge in [-0.25, -0.2) is 4.98 Å². The number of amides is 1. The Morgan fingerprint density at radius 2 is 2.29 bits per heavy atom. The monoisotopic (exact) mass is 390 g/mol. The fourth-order valence-corrected chi connectivity index (χ4v) is 3.31. The summed E-state index contributed by atoms with van der Waals surface area (Å²) < 4.78 is 5.05. The summed E-state index contributed by atoms with van der Waals surface area (Å²) in [5.41, 5.74) is 7.35. The number of carbonyl (C=O) groups excluding carboxylic acids is 1. The first-order valence-corrected chi connectivity index (χ1v) is 8.17. The van der Waals surface area contributed by atoms with Gasteiger partial charge < -0.3 is 15.2 Å². The summed E-state index contributed by atoms with van der Waals surface area (Å²) in [6.45, 7) is 3.18. The van der Waals surface area contributed by atoms with Gasteiger partial charge in [-0.05, 0) is 25.5 Å². The zero-order valence-electron chi connectivity index (χ0n) is 13.2. The van der Waals surface area contributed by atoms with Crippen LogP contribution in [0.5, 0.6) is 0 Å². The zero-order chi connectivity index (χ0) is 15.5. The number of aryl methyl sites for hydroxylation is 1. The first kappa shape index (κ1) is 20.8. The predicted octanol–water partition coefficient (Wildman–Crippen LogP) is 2.69. The zero-order valence-corrected chi connectivity index (χ0v) is 15.6. The molecule has 2 aromatic rings. The van der Waals surface area contributed by atoms with Gasteiger partial charge in [-0.15, -0.1) is 24.8 Å². The van der Waals surface area contributed by atoms with Crippen LogP contribution in [0.15, 0.2) is 33.9 Å². The number of hydrogen-bond donors (Lipinski definition) is 1. The highest BCUT2D eigenvalue weighted by Gasteiger charge is 2.26. The van der Waals surface area contributed by atoms with Crippen molar-refractivity contribution in [1.82, 2.24) is 15.0 Å². The van der Waals surface area contributed by atoms with Crippen molar-refractivity contribution in [2.75, 3.05) is 13.1 Å². The predicted molar refractivity (Wildman–Crippen MR) is 98.0 cm³/mol. The second-order valence-corrected chi connectivity index (χ2v) is 6.34. The van der Waals surface area contributed by atoms with E-state index in [2.05, 4.69) is 10.1 Å². The lowest BCUT2D eigenvalue weighted by molar-refractivity contribution is 0.0786. The Hall–Kier alpha value is -1.28. The normalized spacial score (nSPS) is 16.4. The molecule has 0 aromatic carbocycles. The van der Waals surface area contributed by atoms with Crippen molar-refractivity contribution in [3.63, 3.8) is 0 Å². The van der Waals surface area contributed by atoms with Gasteiger partial charge in [0.25, 0.3) is 5.91 Å². The number of aromatic nitrogens is 2. The van der Waals surface area contributed by atoms with Crippen LogP contribution in [-0.4, -0.2) is 40.1 Å². The molecule has 0 unspecified atom stereocenters. The maximum Gasteiger partial charge on any atom is 0.256 e. The first-order chi connectivity index (χ1) is 10.6. The van der Waals surface area contributed by atoms with Crippen LogP contribution in [0.2, 0.25) is 0 Å². The number of carbonyl (C=O) groups is 1. The molecule has 1 aliphatic rings. The molecule has 2 aromatic heterocycles. The van der Waals surface area contributed by atoms with E-state index in [1.54, 1.807) is 17.2 Å². The van der Waals surface area contributed by atoms with E-state index in [1.807, 2.05) is 19.1 Å². The average Bonchev–Trinajstić information content (AvgIpc) is 3.13. The minimum Gasteiger partial charge on any atom is -0.361 e. The van der Waals surface area contributed by atoms with Crippen LogP contribution in [0.25, 0.3) is 0 Å². The van der Waals surface area contributed by atoms with Gasteiger partial charge in [-0.3, -0.25) is 4.79 Å². The number of likely N-dealkylation sites (tertiary alicyclic amines) is 1. The topological polar surface area (TPSA) is 85.2 Å². The van der Waals surface area contributed by atoms with Crippen molar-refractivity contribution in [1.29, 1.82) is 0 Å². The molecule has 9 heteroatoms. The number of rotatable bonds is 4. The second kappa shape index (κ2) is 9.27. The van der Waals surface area contributed by atoms with Crippen LogP contribution in [0, 0.1) is 6.92 Å². The molecule has 0 bridgehead atoms. The number of hydrogen-bond acceptors (Lipinski definition) is 6. The summed E-state index contributed by atoms with van der Waals surface area (Å²) >= 11 is 1.49. The van der Waals surface area contributed by atoms with E-state index in [0.29, 0.717) is 29.4 Å². The fourth-order valence-electron chi connectivity index (χ4n) is 2.44. The van der Waals surface area contributed by atoms with Crippen LogP contribution in [-0.2, 0) is 5.75 Å². The van der Waals surface area contributed by atoms with Crippen molar-refractivity contribution in [2.45, 2.75) is 30.2 Å². The molecular weight excluding hydrogens is 371 g/mol. The molecule has 6 nitrogen and oxygen atoms in total. The standard InChI is InChI=1S/C15H18N4O2S.2ClH/c1-10-7-12(18-21-10)9-22-14-13(3-2-5-17-14)15(20)19-6-4-11(16)8-19;;/h2-3,5,7,11H,4,6,8-9,16H2,1H3;2*1H/t11-;;/m1../s1. The highest BCUT2D eigenvalue weighted by atomic mass is 35.5. The molecule has 1 saturated heterocycles. The molecule has 1 atom stereocenters.